The van der Waals surface area contributed by atoms with E-state index in [0.717, 1.165) is 49.5 Å². The van der Waals surface area contributed by atoms with Crippen molar-refractivity contribution in [1.29, 1.82) is 0 Å². The molecule has 5 rings (SSSR count). The van der Waals surface area contributed by atoms with Crippen LogP contribution >= 0.6 is 11.6 Å². The highest BCUT2D eigenvalue weighted by atomic mass is 35.5. The number of hydrogen-bond donors (Lipinski definition) is 1. The molecule has 196 valence electrons. The maximum atomic E-state index is 13.1. The quantitative estimate of drug-likeness (QED) is 0.429. The van der Waals surface area contributed by atoms with Crippen LogP contribution in [0, 0.1) is 11.8 Å². The van der Waals surface area contributed by atoms with Crippen LogP contribution in [0.2, 0.25) is 5.02 Å². The molecule has 8 heteroatoms. The molecule has 7 nitrogen and oxygen atoms in total. The lowest BCUT2D eigenvalue weighted by molar-refractivity contribution is -0.127. The van der Waals surface area contributed by atoms with Crippen LogP contribution in [0.15, 0.2) is 53.1 Å². The number of nitrogens with zero attached hydrogens (tertiary/aromatic N) is 4. The van der Waals surface area contributed by atoms with Crippen LogP contribution in [0.3, 0.4) is 0 Å². The summed E-state index contributed by atoms with van der Waals surface area (Å²) in [5.74, 6) is 1.89. The minimum absolute atomic E-state index is 0.0348. The first-order valence-electron chi connectivity index (χ1n) is 13.4. The molecule has 2 fully saturated rings. The summed E-state index contributed by atoms with van der Waals surface area (Å²) < 4.78 is 5.49. The monoisotopic (exact) mass is 521 g/mol. The molecular formula is C29H36ClN5O2. The molecule has 2 aliphatic heterocycles. The standard InChI is InChI=1S/C29H36ClN5O2/c1-20-13-16-35(17-14-20)24-11-9-22(10-12-24)21(2)31-29(36)23-6-5-15-34(18-23)19-27-32-28(33-37-27)25-7-3-4-8-26(25)30/h3-4,7-12,20-21,23H,5-6,13-19H2,1-2H3,(H,31,36). The van der Waals surface area contributed by atoms with Crippen molar-refractivity contribution in [1.82, 2.24) is 20.4 Å². The summed E-state index contributed by atoms with van der Waals surface area (Å²) in [4.78, 5) is 22.4. The van der Waals surface area contributed by atoms with E-state index in [1.54, 1.807) is 0 Å². The maximum Gasteiger partial charge on any atom is 0.241 e. The van der Waals surface area contributed by atoms with Gasteiger partial charge in [0.05, 0.1) is 23.5 Å². The molecule has 0 saturated carbocycles. The lowest BCUT2D eigenvalue weighted by Crippen LogP contribution is -2.43. The van der Waals surface area contributed by atoms with Gasteiger partial charge in [0.2, 0.25) is 17.6 Å². The van der Waals surface area contributed by atoms with Gasteiger partial charge >= 0.3 is 0 Å². The number of anilines is 1. The van der Waals surface area contributed by atoms with Crippen molar-refractivity contribution in [3.63, 3.8) is 0 Å². The average molecular weight is 522 g/mol. The van der Waals surface area contributed by atoms with Gasteiger partial charge in [-0.15, -0.1) is 0 Å². The summed E-state index contributed by atoms with van der Waals surface area (Å²) >= 11 is 6.27. The molecule has 1 aromatic heterocycles. The Hall–Kier alpha value is -2.90. The summed E-state index contributed by atoms with van der Waals surface area (Å²) in [6.07, 6.45) is 4.35. The number of halogens is 1. The predicted octanol–water partition coefficient (Wildman–Crippen LogP) is 5.72. The molecule has 0 aliphatic carbocycles. The summed E-state index contributed by atoms with van der Waals surface area (Å²) in [5, 5.41) is 7.93. The molecule has 3 aromatic rings. The predicted molar refractivity (Wildman–Crippen MR) is 146 cm³/mol. The highest BCUT2D eigenvalue weighted by Crippen LogP contribution is 2.27. The first-order valence-corrected chi connectivity index (χ1v) is 13.8. The molecule has 2 unspecified atom stereocenters. The highest BCUT2D eigenvalue weighted by Gasteiger charge is 2.28. The van der Waals surface area contributed by atoms with E-state index >= 15 is 0 Å². The second kappa shape index (κ2) is 11.7. The van der Waals surface area contributed by atoms with Gasteiger partial charge < -0.3 is 14.7 Å². The molecule has 0 bridgehead atoms. The second-order valence-electron chi connectivity index (χ2n) is 10.6. The smallest absolute Gasteiger partial charge is 0.241 e. The van der Waals surface area contributed by atoms with Crippen LogP contribution in [0.25, 0.3) is 11.4 Å². The Kier molecular flexibility index (Phi) is 8.11. The molecule has 1 amide bonds. The van der Waals surface area contributed by atoms with Gasteiger partial charge in [0.25, 0.3) is 0 Å². The largest absolute Gasteiger partial charge is 0.372 e. The molecule has 2 atom stereocenters. The summed E-state index contributed by atoms with van der Waals surface area (Å²) in [6.45, 7) is 8.73. The van der Waals surface area contributed by atoms with Crippen LogP contribution in [0.4, 0.5) is 5.69 Å². The van der Waals surface area contributed by atoms with Crippen molar-refractivity contribution in [3.05, 3.63) is 65.0 Å². The van der Waals surface area contributed by atoms with Crippen molar-refractivity contribution in [2.24, 2.45) is 11.8 Å². The van der Waals surface area contributed by atoms with E-state index in [4.69, 9.17) is 16.1 Å². The van der Waals surface area contributed by atoms with Gasteiger partial charge in [-0.25, -0.2) is 0 Å². The number of amides is 1. The number of carbonyl (C=O) groups excluding carboxylic acids is 1. The topological polar surface area (TPSA) is 74.5 Å². The Bertz CT molecular complexity index is 1190. The first-order chi connectivity index (χ1) is 18.0. The first kappa shape index (κ1) is 25.7. The molecule has 2 aromatic carbocycles. The molecule has 3 heterocycles. The van der Waals surface area contributed by atoms with Gasteiger partial charge in [0, 0.05) is 30.9 Å². The lowest BCUT2D eigenvalue weighted by atomic mass is 9.96. The third-order valence-corrected chi connectivity index (χ3v) is 8.05. The third-order valence-electron chi connectivity index (χ3n) is 7.72. The number of aromatic nitrogens is 2. The van der Waals surface area contributed by atoms with Crippen LogP contribution in [-0.4, -0.2) is 47.1 Å². The third kappa shape index (κ3) is 6.33. The highest BCUT2D eigenvalue weighted by molar-refractivity contribution is 6.33. The SMILES string of the molecule is CC1CCN(c2ccc(C(C)NC(=O)C3CCCN(Cc4nc(-c5ccccc5Cl)no4)C3)cc2)CC1. The van der Waals surface area contributed by atoms with Gasteiger partial charge in [-0.05, 0) is 74.9 Å². The van der Waals surface area contributed by atoms with Crippen molar-refractivity contribution >= 4 is 23.2 Å². The molecule has 0 radical (unpaired) electrons. The minimum Gasteiger partial charge on any atom is -0.372 e. The fraction of sp³-hybridized carbons (Fsp3) is 0.483. The van der Waals surface area contributed by atoms with E-state index < -0.39 is 0 Å². The molecule has 0 spiro atoms. The van der Waals surface area contributed by atoms with E-state index in [0.29, 0.717) is 29.8 Å². The zero-order valence-electron chi connectivity index (χ0n) is 21.7. The summed E-state index contributed by atoms with van der Waals surface area (Å²) in [7, 11) is 0. The van der Waals surface area contributed by atoms with Gasteiger partial charge in [-0.1, -0.05) is 47.9 Å². The zero-order chi connectivity index (χ0) is 25.8. The lowest BCUT2D eigenvalue weighted by Gasteiger charge is -2.32. The number of rotatable bonds is 7. The van der Waals surface area contributed by atoms with Crippen LogP contribution in [0.1, 0.15) is 57.0 Å². The van der Waals surface area contributed by atoms with Crippen LogP contribution < -0.4 is 10.2 Å². The zero-order valence-corrected chi connectivity index (χ0v) is 22.5. The second-order valence-corrected chi connectivity index (χ2v) is 11.0. The minimum atomic E-state index is -0.0585. The van der Waals surface area contributed by atoms with Crippen LogP contribution in [0.5, 0.6) is 0 Å². The van der Waals surface area contributed by atoms with Gasteiger partial charge in [-0.2, -0.15) is 4.98 Å². The Morgan fingerprint density at radius 2 is 1.86 bits per heavy atom. The average Bonchev–Trinajstić information content (AvgIpc) is 3.37. The Balaban J connectivity index is 1.14. The fourth-order valence-electron chi connectivity index (χ4n) is 5.33. The molecule has 2 saturated heterocycles. The molecular weight excluding hydrogens is 486 g/mol. The summed E-state index contributed by atoms with van der Waals surface area (Å²) in [5.41, 5.74) is 3.16. The molecule has 2 aliphatic rings. The number of piperidine rings is 2. The molecule has 37 heavy (non-hydrogen) atoms. The van der Waals surface area contributed by atoms with Gasteiger partial charge in [0.1, 0.15) is 0 Å². The Morgan fingerprint density at radius 1 is 1.11 bits per heavy atom. The Morgan fingerprint density at radius 3 is 2.62 bits per heavy atom. The number of hydrogen-bond acceptors (Lipinski definition) is 6. The van der Waals surface area contributed by atoms with E-state index in [1.807, 2.05) is 24.3 Å². The van der Waals surface area contributed by atoms with E-state index in [9.17, 15) is 4.79 Å². The molecule has 1 N–H and O–H groups in total. The van der Waals surface area contributed by atoms with Crippen LogP contribution in [-0.2, 0) is 11.3 Å². The number of benzene rings is 2. The van der Waals surface area contributed by atoms with Crippen molar-refractivity contribution in [2.45, 2.75) is 52.1 Å². The van der Waals surface area contributed by atoms with E-state index in [2.05, 4.69) is 63.4 Å². The Labute approximate surface area is 224 Å². The normalized spacial score (nSPS) is 20.1. The fourth-order valence-corrected chi connectivity index (χ4v) is 5.55. The van der Waals surface area contributed by atoms with Crippen molar-refractivity contribution in [3.8, 4) is 11.4 Å². The maximum absolute atomic E-state index is 13.1. The number of likely N-dealkylation sites (tertiary alicyclic amines) is 1. The number of carbonyl (C=O) groups is 1. The van der Waals surface area contributed by atoms with Crippen molar-refractivity contribution < 1.29 is 9.32 Å². The van der Waals surface area contributed by atoms with E-state index in [1.165, 1.54) is 18.5 Å². The number of nitrogens with one attached hydrogen (secondary N) is 1. The van der Waals surface area contributed by atoms with Crippen molar-refractivity contribution in [2.75, 3.05) is 31.1 Å². The van der Waals surface area contributed by atoms with E-state index in [-0.39, 0.29) is 17.9 Å². The van der Waals surface area contributed by atoms with Gasteiger partial charge in [0.15, 0.2) is 0 Å². The summed E-state index contributed by atoms with van der Waals surface area (Å²) in [6, 6.07) is 16.1. The van der Waals surface area contributed by atoms with Gasteiger partial charge in [-0.3, -0.25) is 9.69 Å².